The molecule has 41 heavy (non-hydrogen) atoms. The molecule has 6 rings (SSSR count). The van der Waals surface area contributed by atoms with Gasteiger partial charge in [-0.2, -0.15) is 0 Å². The monoisotopic (exact) mass is 623 g/mol. The smallest absolute Gasteiger partial charge is 0.133 e. The molecule has 0 aromatic carbocycles. The Morgan fingerprint density at radius 2 is 1.88 bits per heavy atom. The number of hydrogen-bond acceptors (Lipinski definition) is 9. The van der Waals surface area contributed by atoms with Crippen LogP contribution in [0, 0.1) is 11.3 Å². The van der Waals surface area contributed by atoms with Crippen LogP contribution in [0.3, 0.4) is 0 Å². The number of methoxy groups -OCH3 is 1. The lowest BCUT2D eigenvalue weighted by Crippen LogP contribution is -2.72. The second kappa shape index (κ2) is 11.9. The Labute approximate surface area is 254 Å². The molecule has 4 aliphatic rings. The van der Waals surface area contributed by atoms with Crippen molar-refractivity contribution in [3.8, 4) is 0 Å². The van der Waals surface area contributed by atoms with E-state index in [1.165, 1.54) is 5.56 Å². The largest absolute Gasteiger partial charge is 0.379 e. The zero-order valence-electron chi connectivity index (χ0n) is 23.9. The molecule has 13 heteroatoms. The molecular weight excluding hydrogens is 585 g/mol. The van der Waals surface area contributed by atoms with E-state index in [-0.39, 0.29) is 35.8 Å². The zero-order chi connectivity index (χ0) is 28.9. The van der Waals surface area contributed by atoms with E-state index in [0.29, 0.717) is 16.0 Å². The lowest BCUT2D eigenvalue weighted by atomic mass is 9.74. The van der Waals surface area contributed by atoms with Gasteiger partial charge in [0.2, 0.25) is 0 Å². The summed E-state index contributed by atoms with van der Waals surface area (Å²) in [5.41, 5.74) is 10.4. The van der Waals surface area contributed by atoms with Crippen molar-refractivity contribution in [2.75, 3.05) is 51.5 Å². The van der Waals surface area contributed by atoms with E-state index in [2.05, 4.69) is 32.1 Å². The highest BCUT2D eigenvalue weighted by molar-refractivity contribution is 7.81. The molecule has 2 aromatic heterocycles. The van der Waals surface area contributed by atoms with Crippen LogP contribution in [0.2, 0.25) is 10.0 Å². The van der Waals surface area contributed by atoms with Gasteiger partial charge in [0.05, 0.1) is 45.4 Å². The Balaban J connectivity index is 1.17. The molecule has 4 fully saturated rings. The molecule has 5 heterocycles. The topological polar surface area (TPSA) is 104 Å². The van der Waals surface area contributed by atoms with Crippen LogP contribution in [0.4, 0.5) is 5.82 Å². The van der Waals surface area contributed by atoms with Crippen molar-refractivity contribution in [3.05, 3.63) is 51.4 Å². The fourth-order valence-corrected chi connectivity index (χ4v) is 8.74. The number of nitrogens with one attached hydrogen (secondary N) is 3. The number of rotatable bonds is 9. The van der Waals surface area contributed by atoms with Crippen molar-refractivity contribution in [1.82, 2.24) is 30.4 Å². The minimum absolute atomic E-state index is 0.0576. The first-order valence-electron chi connectivity index (χ1n) is 14.2. The van der Waals surface area contributed by atoms with Gasteiger partial charge in [-0.25, -0.2) is 18.9 Å². The SMILES string of the molecule is CNCc1cc(C2NNC3CC(OC)C(O[C@H](C)c4c(Cl)cncc4Cl)CC32)cnc1N1CC2(C1)CN(S(C)=O)C2. The average molecular weight is 625 g/mol. The summed E-state index contributed by atoms with van der Waals surface area (Å²) in [5, 5.41) is 4.33. The van der Waals surface area contributed by atoms with Gasteiger partial charge >= 0.3 is 0 Å². The maximum absolute atomic E-state index is 11.8. The molecule has 3 N–H and O–H groups in total. The quantitative estimate of drug-likeness (QED) is 0.389. The summed E-state index contributed by atoms with van der Waals surface area (Å²) >= 11 is 12.9. The first-order valence-corrected chi connectivity index (χ1v) is 16.4. The molecule has 1 aliphatic carbocycles. The molecule has 7 atom stereocenters. The Morgan fingerprint density at radius 1 is 1.15 bits per heavy atom. The Kier molecular flexibility index (Phi) is 8.63. The second-order valence-corrected chi connectivity index (χ2v) is 14.2. The van der Waals surface area contributed by atoms with Gasteiger partial charge in [0.1, 0.15) is 5.82 Å². The fourth-order valence-electron chi connectivity index (χ4n) is 7.15. The number of hydrogen-bond donors (Lipinski definition) is 3. The number of ether oxygens (including phenoxy) is 2. The number of anilines is 1. The predicted octanol–water partition coefficient (Wildman–Crippen LogP) is 3.01. The van der Waals surface area contributed by atoms with Gasteiger partial charge < -0.3 is 19.7 Å². The van der Waals surface area contributed by atoms with E-state index in [0.717, 1.165) is 62.5 Å². The van der Waals surface area contributed by atoms with Gasteiger partial charge in [0.25, 0.3) is 0 Å². The van der Waals surface area contributed by atoms with Gasteiger partial charge in [0, 0.05) is 87.3 Å². The molecule has 0 amide bonds. The van der Waals surface area contributed by atoms with Crippen LogP contribution in [0.15, 0.2) is 24.7 Å². The summed E-state index contributed by atoms with van der Waals surface area (Å²) in [4.78, 5) is 11.4. The van der Waals surface area contributed by atoms with E-state index >= 15 is 0 Å². The van der Waals surface area contributed by atoms with E-state index in [1.54, 1.807) is 25.8 Å². The fraction of sp³-hybridized carbons (Fsp3) is 0.643. The molecule has 6 unspecified atom stereocenters. The molecule has 3 aliphatic heterocycles. The molecular formula is C28H39Cl2N7O3S. The third-order valence-corrected chi connectivity index (χ3v) is 10.8. The minimum Gasteiger partial charge on any atom is -0.379 e. The summed E-state index contributed by atoms with van der Waals surface area (Å²) in [5.74, 6) is 1.33. The predicted molar refractivity (Wildman–Crippen MR) is 161 cm³/mol. The van der Waals surface area contributed by atoms with Crippen molar-refractivity contribution in [1.29, 1.82) is 0 Å². The van der Waals surface area contributed by atoms with E-state index in [9.17, 15) is 4.21 Å². The molecule has 0 radical (unpaired) electrons. The van der Waals surface area contributed by atoms with Crippen molar-refractivity contribution in [3.63, 3.8) is 0 Å². The number of fused-ring (bicyclic) bond motifs is 1. The van der Waals surface area contributed by atoms with Crippen LogP contribution in [-0.4, -0.2) is 83.3 Å². The lowest BCUT2D eigenvalue weighted by Gasteiger charge is -2.60. The van der Waals surface area contributed by atoms with Crippen molar-refractivity contribution < 1.29 is 13.7 Å². The molecule has 0 bridgehead atoms. The van der Waals surface area contributed by atoms with Crippen LogP contribution < -0.4 is 21.1 Å². The zero-order valence-corrected chi connectivity index (χ0v) is 26.2. The third kappa shape index (κ3) is 5.65. The Morgan fingerprint density at radius 3 is 2.54 bits per heavy atom. The Hall–Kier alpha value is -1.41. The van der Waals surface area contributed by atoms with E-state index in [1.807, 2.05) is 24.5 Å². The number of hydrazine groups is 1. The number of halogens is 2. The minimum atomic E-state index is -0.885. The van der Waals surface area contributed by atoms with Gasteiger partial charge in [0.15, 0.2) is 0 Å². The molecule has 1 saturated carbocycles. The van der Waals surface area contributed by atoms with Gasteiger partial charge in [-0.3, -0.25) is 10.4 Å². The molecule has 1 spiro atoms. The van der Waals surface area contributed by atoms with Crippen LogP contribution in [0.1, 0.15) is 48.6 Å². The lowest BCUT2D eigenvalue weighted by molar-refractivity contribution is -0.117. The van der Waals surface area contributed by atoms with Crippen LogP contribution in [-0.2, 0) is 27.0 Å². The van der Waals surface area contributed by atoms with Crippen LogP contribution in [0.25, 0.3) is 0 Å². The summed E-state index contributed by atoms with van der Waals surface area (Å²) < 4.78 is 26.3. The standard InChI is InChI=1S/C28H39Cl2N7O3S/c1-16(25-20(29)10-32-11-21(25)30)40-24-6-19-22(7-23(24)39-3)34-35-26(19)17-5-18(8-31-2)27(33-9-17)36-12-28(13-36)14-37(15-28)41(4)38/h5,9-11,16,19,22-24,26,31,34-35H,6-8,12-15H2,1-4H3/t16-,19?,22?,23?,24?,26?,41?/m1/s1. The van der Waals surface area contributed by atoms with Crippen molar-refractivity contribution in [2.24, 2.45) is 11.3 Å². The van der Waals surface area contributed by atoms with Crippen molar-refractivity contribution >= 4 is 40.0 Å². The molecule has 224 valence electrons. The van der Waals surface area contributed by atoms with E-state index < -0.39 is 11.0 Å². The number of aromatic nitrogens is 2. The number of pyridine rings is 2. The van der Waals surface area contributed by atoms with Crippen LogP contribution in [0.5, 0.6) is 0 Å². The molecule has 10 nitrogen and oxygen atoms in total. The highest BCUT2D eigenvalue weighted by Crippen LogP contribution is 2.45. The highest BCUT2D eigenvalue weighted by atomic mass is 35.5. The maximum atomic E-state index is 11.8. The normalized spacial score (nSPS) is 30.5. The third-order valence-electron chi connectivity index (χ3n) is 9.18. The highest BCUT2D eigenvalue weighted by Gasteiger charge is 2.53. The van der Waals surface area contributed by atoms with Gasteiger partial charge in [-0.05, 0) is 44.4 Å². The average Bonchev–Trinajstić information content (AvgIpc) is 3.30. The molecule has 3 saturated heterocycles. The summed E-state index contributed by atoms with van der Waals surface area (Å²) in [6, 6.07) is 2.63. The number of nitrogens with zero attached hydrogens (tertiary/aromatic N) is 4. The summed E-state index contributed by atoms with van der Waals surface area (Å²) in [7, 11) is 2.83. The summed E-state index contributed by atoms with van der Waals surface area (Å²) in [6.07, 6.45) is 8.13. The first-order chi connectivity index (χ1) is 19.7. The van der Waals surface area contributed by atoms with E-state index in [4.69, 9.17) is 37.7 Å². The van der Waals surface area contributed by atoms with Crippen molar-refractivity contribution in [2.45, 2.75) is 56.7 Å². The first kappa shape index (κ1) is 29.7. The van der Waals surface area contributed by atoms with Gasteiger partial charge in [-0.15, -0.1) is 0 Å². The van der Waals surface area contributed by atoms with Crippen LogP contribution >= 0.6 is 23.2 Å². The Bertz CT molecular complexity index is 1270. The van der Waals surface area contributed by atoms with Gasteiger partial charge in [-0.1, -0.05) is 23.2 Å². The molecule has 2 aromatic rings. The second-order valence-electron chi connectivity index (χ2n) is 12.0. The summed E-state index contributed by atoms with van der Waals surface area (Å²) in [6.45, 7) is 6.43. The maximum Gasteiger partial charge on any atom is 0.133 e.